The molecular weight excluding hydrogens is 212 g/mol. The summed E-state index contributed by atoms with van der Waals surface area (Å²) in [7, 11) is 2.17. The van der Waals surface area contributed by atoms with E-state index in [0.717, 1.165) is 31.0 Å². The number of fused-ring (bicyclic) bond motifs is 1. The fourth-order valence-corrected chi connectivity index (χ4v) is 2.20. The standard InChI is InChI=1S/C13H18N4/c1-10-3-4-13-15-11(9-17(13)7-10)8-16(2)12-5-14-6-12/h3-4,7,9,12,14H,5-6,8H2,1-2H3. The molecular formula is C13H18N4. The molecule has 4 nitrogen and oxygen atoms in total. The Bertz CT molecular complexity index is 527. The van der Waals surface area contributed by atoms with E-state index in [-0.39, 0.29) is 0 Å². The normalized spacial score (nSPS) is 16.6. The lowest BCUT2D eigenvalue weighted by atomic mass is 10.1. The van der Waals surface area contributed by atoms with Crippen molar-refractivity contribution < 1.29 is 0 Å². The highest BCUT2D eigenvalue weighted by Crippen LogP contribution is 2.11. The van der Waals surface area contributed by atoms with Crippen LogP contribution in [0.25, 0.3) is 5.65 Å². The highest BCUT2D eigenvalue weighted by atomic mass is 15.2. The summed E-state index contributed by atoms with van der Waals surface area (Å²) in [5, 5.41) is 3.29. The first-order valence-corrected chi connectivity index (χ1v) is 6.07. The third-order valence-electron chi connectivity index (χ3n) is 3.44. The van der Waals surface area contributed by atoms with Gasteiger partial charge in [0.1, 0.15) is 5.65 Å². The van der Waals surface area contributed by atoms with Crippen LogP contribution >= 0.6 is 0 Å². The zero-order chi connectivity index (χ0) is 11.8. The maximum absolute atomic E-state index is 4.64. The van der Waals surface area contributed by atoms with Crippen LogP contribution in [0.15, 0.2) is 24.5 Å². The molecule has 2 aromatic rings. The summed E-state index contributed by atoms with van der Waals surface area (Å²) in [6.07, 6.45) is 4.25. The maximum Gasteiger partial charge on any atom is 0.137 e. The Morgan fingerprint density at radius 2 is 2.24 bits per heavy atom. The summed E-state index contributed by atoms with van der Waals surface area (Å²) < 4.78 is 2.11. The molecule has 0 spiro atoms. The largest absolute Gasteiger partial charge is 0.314 e. The van der Waals surface area contributed by atoms with E-state index in [1.54, 1.807) is 0 Å². The number of likely N-dealkylation sites (N-methyl/N-ethyl adjacent to an activating group) is 1. The van der Waals surface area contributed by atoms with Gasteiger partial charge in [-0.25, -0.2) is 4.98 Å². The van der Waals surface area contributed by atoms with Crippen LogP contribution in [0.5, 0.6) is 0 Å². The fourth-order valence-electron chi connectivity index (χ4n) is 2.20. The lowest BCUT2D eigenvalue weighted by Gasteiger charge is -2.35. The number of aryl methyl sites for hydroxylation is 1. The molecule has 1 aliphatic heterocycles. The van der Waals surface area contributed by atoms with E-state index in [2.05, 4.69) is 58.1 Å². The van der Waals surface area contributed by atoms with Crippen molar-refractivity contribution in [3.05, 3.63) is 35.8 Å². The molecule has 3 heterocycles. The molecule has 1 saturated heterocycles. The molecule has 4 heteroatoms. The summed E-state index contributed by atoms with van der Waals surface area (Å²) >= 11 is 0. The van der Waals surface area contributed by atoms with Crippen LogP contribution in [0.4, 0.5) is 0 Å². The van der Waals surface area contributed by atoms with Crippen molar-refractivity contribution in [3.63, 3.8) is 0 Å². The van der Waals surface area contributed by atoms with Gasteiger partial charge in [-0.15, -0.1) is 0 Å². The van der Waals surface area contributed by atoms with Crippen molar-refractivity contribution in [2.45, 2.75) is 19.5 Å². The number of nitrogens with zero attached hydrogens (tertiary/aromatic N) is 3. The summed E-state index contributed by atoms with van der Waals surface area (Å²) in [6.45, 7) is 5.23. The predicted octanol–water partition coefficient (Wildman–Crippen LogP) is 1.05. The van der Waals surface area contributed by atoms with Crippen molar-refractivity contribution in [1.29, 1.82) is 0 Å². The smallest absolute Gasteiger partial charge is 0.137 e. The highest BCUT2D eigenvalue weighted by molar-refractivity contribution is 5.41. The minimum Gasteiger partial charge on any atom is -0.314 e. The molecule has 2 aromatic heterocycles. The van der Waals surface area contributed by atoms with E-state index in [1.807, 2.05) is 0 Å². The van der Waals surface area contributed by atoms with E-state index in [4.69, 9.17) is 0 Å². The number of rotatable bonds is 3. The van der Waals surface area contributed by atoms with Crippen LogP contribution < -0.4 is 5.32 Å². The minimum atomic E-state index is 0.668. The first-order valence-electron chi connectivity index (χ1n) is 6.07. The second kappa shape index (κ2) is 4.13. The van der Waals surface area contributed by atoms with E-state index >= 15 is 0 Å². The van der Waals surface area contributed by atoms with Gasteiger partial charge in [-0.05, 0) is 25.6 Å². The van der Waals surface area contributed by atoms with Crippen LogP contribution in [0.1, 0.15) is 11.3 Å². The van der Waals surface area contributed by atoms with Crippen LogP contribution in [0.3, 0.4) is 0 Å². The summed E-state index contributed by atoms with van der Waals surface area (Å²) in [5.74, 6) is 0. The van der Waals surface area contributed by atoms with Crippen molar-refractivity contribution in [1.82, 2.24) is 19.6 Å². The third kappa shape index (κ3) is 2.06. The fraction of sp³-hybridized carbons (Fsp3) is 0.462. The van der Waals surface area contributed by atoms with Gasteiger partial charge >= 0.3 is 0 Å². The molecule has 0 radical (unpaired) electrons. The first kappa shape index (κ1) is 10.7. The summed E-state index contributed by atoms with van der Waals surface area (Å²) in [5.41, 5.74) is 3.44. The SMILES string of the molecule is Cc1ccc2nc(CN(C)C3CNC3)cn2c1. The second-order valence-electron chi connectivity index (χ2n) is 4.93. The Kier molecular flexibility index (Phi) is 2.61. The van der Waals surface area contributed by atoms with Crippen molar-refractivity contribution >= 4 is 5.65 Å². The Balaban J connectivity index is 1.80. The first-order chi connectivity index (χ1) is 8.22. The monoisotopic (exact) mass is 230 g/mol. The summed E-state index contributed by atoms with van der Waals surface area (Å²) in [4.78, 5) is 7.00. The average Bonchev–Trinajstić information content (AvgIpc) is 2.55. The second-order valence-corrected chi connectivity index (χ2v) is 4.93. The molecule has 0 aliphatic carbocycles. The van der Waals surface area contributed by atoms with E-state index in [9.17, 15) is 0 Å². The quantitative estimate of drug-likeness (QED) is 0.855. The lowest BCUT2D eigenvalue weighted by molar-refractivity contribution is 0.171. The molecule has 0 aromatic carbocycles. The van der Waals surface area contributed by atoms with E-state index < -0.39 is 0 Å². The number of aromatic nitrogens is 2. The van der Waals surface area contributed by atoms with Gasteiger partial charge in [-0.3, -0.25) is 4.90 Å². The number of hydrogen-bond acceptors (Lipinski definition) is 3. The number of hydrogen-bond donors (Lipinski definition) is 1. The molecule has 1 N–H and O–H groups in total. The van der Waals surface area contributed by atoms with Crippen LogP contribution in [-0.2, 0) is 6.54 Å². The lowest BCUT2D eigenvalue weighted by Crippen LogP contribution is -2.55. The molecule has 0 bridgehead atoms. The van der Waals surface area contributed by atoms with Gasteiger partial charge in [0.05, 0.1) is 5.69 Å². The molecule has 3 rings (SSSR count). The molecule has 0 saturated carbocycles. The third-order valence-corrected chi connectivity index (χ3v) is 3.44. The molecule has 1 fully saturated rings. The van der Waals surface area contributed by atoms with Crippen molar-refractivity contribution in [2.75, 3.05) is 20.1 Å². The van der Waals surface area contributed by atoms with Crippen molar-refractivity contribution in [3.8, 4) is 0 Å². The van der Waals surface area contributed by atoms with Gasteiger partial charge < -0.3 is 9.72 Å². The Hall–Kier alpha value is -1.39. The molecule has 1 aliphatic rings. The molecule has 0 amide bonds. The van der Waals surface area contributed by atoms with Crippen molar-refractivity contribution in [2.24, 2.45) is 0 Å². The molecule has 90 valence electrons. The minimum absolute atomic E-state index is 0.668. The topological polar surface area (TPSA) is 32.6 Å². The number of imidazole rings is 1. The van der Waals surface area contributed by atoms with Gasteiger partial charge in [-0.2, -0.15) is 0 Å². The Morgan fingerprint density at radius 3 is 2.94 bits per heavy atom. The van der Waals surface area contributed by atoms with Crippen LogP contribution in [0, 0.1) is 6.92 Å². The summed E-state index contributed by atoms with van der Waals surface area (Å²) in [6, 6.07) is 4.84. The molecule has 17 heavy (non-hydrogen) atoms. The van der Waals surface area contributed by atoms with Gasteiger partial charge in [-0.1, -0.05) is 6.07 Å². The predicted molar refractivity (Wildman–Crippen MR) is 68.1 cm³/mol. The van der Waals surface area contributed by atoms with E-state index in [0.29, 0.717) is 6.04 Å². The van der Waals surface area contributed by atoms with Crippen LogP contribution in [-0.4, -0.2) is 40.5 Å². The van der Waals surface area contributed by atoms with Gasteiger partial charge in [0.2, 0.25) is 0 Å². The maximum atomic E-state index is 4.64. The molecule has 0 unspecified atom stereocenters. The highest BCUT2D eigenvalue weighted by Gasteiger charge is 2.21. The average molecular weight is 230 g/mol. The van der Waals surface area contributed by atoms with E-state index in [1.165, 1.54) is 5.56 Å². The van der Waals surface area contributed by atoms with Gasteiger partial charge in [0, 0.05) is 38.1 Å². The Morgan fingerprint density at radius 1 is 1.41 bits per heavy atom. The number of pyridine rings is 1. The molecule has 0 atom stereocenters. The number of nitrogens with one attached hydrogen (secondary N) is 1. The van der Waals surface area contributed by atoms with Crippen LogP contribution in [0.2, 0.25) is 0 Å². The Labute approximate surface area is 101 Å². The van der Waals surface area contributed by atoms with Gasteiger partial charge in [0.15, 0.2) is 0 Å². The zero-order valence-corrected chi connectivity index (χ0v) is 10.3. The zero-order valence-electron chi connectivity index (χ0n) is 10.3. The van der Waals surface area contributed by atoms with Gasteiger partial charge in [0.25, 0.3) is 0 Å².